The SMILES string of the molecule is O=C(O)C1CCCCN1S(=O)(=O)Oc1ccc(Cl)cc1. The molecule has 1 aromatic carbocycles. The molecule has 1 atom stereocenters. The zero-order valence-corrected chi connectivity index (χ0v) is 12.1. The highest BCUT2D eigenvalue weighted by molar-refractivity contribution is 7.84. The standard InChI is InChI=1S/C12H14ClNO5S/c13-9-4-6-10(7-5-9)19-20(17,18)14-8-2-1-3-11(14)12(15)16/h4-7,11H,1-3,8H2,(H,15,16). The minimum atomic E-state index is -4.13. The Balaban J connectivity index is 2.20. The lowest BCUT2D eigenvalue weighted by Crippen LogP contribution is -2.49. The maximum Gasteiger partial charge on any atom is 0.385 e. The Morgan fingerprint density at radius 3 is 2.55 bits per heavy atom. The Labute approximate surface area is 122 Å². The second kappa shape index (κ2) is 5.99. The fourth-order valence-electron chi connectivity index (χ4n) is 2.08. The van der Waals surface area contributed by atoms with Gasteiger partial charge in [0.2, 0.25) is 0 Å². The summed E-state index contributed by atoms with van der Waals surface area (Å²) in [7, 11) is -4.13. The van der Waals surface area contributed by atoms with Crippen molar-refractivity contribution in [3.8, 4) is 5.75 Å². The zero-order valence-electron chi connectivity index (χ0n) is 10.5. The maximum atomic E-state index is 12.2. The quantitative estimate of drug-likeness (QED) is 0.916. The van der Waals surface area contributed by atoms with Gasteiger partial charge in [0.15, 0.2) is 0 Å². The van der Waals surface area contributed by atoms with Crippen LogP contribution in [-0.2, 0) is 15.1 Å². The Kier molecular flexibility index (Phi) is 4.52. The number of benzene rings is 1. The summed E-state index contributed by atoms with van der Waals surface area (Å²) in [5.74, 6) is -1.06. The summed E-state index contributed by atoms with van der Waals surface area (Å²) in [5, 5.41) is 9.55. The molecule has 1 fully saturated rings. The smallest absolute Gasteiger partial charge is 0.385 e. The summed E-state index contributed by atoms with van der Waals surface area (Å²) in [4.78, 5) is 11.1. The topological polar surface area (TPSA) is 83.9 Å². The molecule has 1 saturated heterocycles. The number of carbonyl (C=O) groups is 1. The molecule has 6 nitrogen and oxygen atoms in total. The number of carboxylic acids is 1. The number of hydrogen-bond acceptors (Lipinski definition) is 4. The highest BCUT2D eigenvalue weighted by Crippen LogP contribution is 2.24. The first-order valence-corrected chi connectivity index (χ1v) is 7.84. The number of nitrogens with zero attached hydrogens (tertiary/aromatic N) is 1. The number of carboxylic acid groups (broad SMARTS) is 1. The van der Waals surface area contributed by atoms with E-state index in [1.165, 1.54) is 24.3 Å². The third-order valence-corrected chi connectivity index (χ3v) is 4.71. The number of piperidine rings is 1. The van der Waals surface area contributed by atoms with Crippen LogP contribution < -0.4 is 4.18 Å². The Bertz CT molecular complexity index is 586. The molecule has 1 N–H and O–H groups in total. The van der Waals surface area contributed by atoms with Gasteiger partial charge in [0.05, 0.1) is 0 Å². The van der Waals surface area contributed by atoms with Crippen molar-refractivity contribution in [3.05, 3.63) is 29.3 Å². The van der Waals surface area contributed by atoms with Gasteiger partial charge in [-0.15, -0.1) is 0 Å². The lowest BCUT2D eigenvalue weighted by molar-refractivity contribution is -0.142. The van der Waals surface area contributed by atoms with Crippen LogP contribution in [-0.4, -0.2) is 36.4 Å². The number of hydrogen-bond donors (Lipinski definition) is 1. The summed E-state index contributed by atoms with van der Waals surface area (Å²) in [6, 6.07) is 4.76. The lowest BCUT2D eigenvalue weighted by atomic mass is 10.1. The van der Waals surface area contributed by atoms with E-state index in [9.17, 15) is 13.2 Å². The van der Waals surface area contributed by atoms with Gasteiger partial charge in [-0.3, -0.25) is 4.79 Å². The number of halogens is 1. The molecule has 0 amide bonds. The fraction of sp³-hybridized carbons (Fsp3) is 0.417. The van der Waals surface area contributed by atoms with Crippen LogP contribution in [0.2, 0.25) is 5.02 Å². The first kappa shape index (κ1) is 15.1. The third-order valence-electron chi connectivity index (χ3n) is 3.04. The molecule has 0 saturated carbocycles. The Morgan fingerprint density at radius 2 is 1.95 bits per heavy atom. The predicted molar refractivity (Wildman–Crippen MR) is 73.0 cm³/mol. The molecule has 1 unspecified atom stereocenters. The van der Waals surface area contributed by atoms with Crippen LogP contribution in [0, 0.1) is 0 Å². The average Bonchev–Trinajstić information content (AvgIpc) is 2.41. The fourth-order valence-corrected chi connectivity index (χ4v) is 3.52. The molecule has 0 aromatic heterocycles. The van der Waals surface area contributed by atoms with Gasteiger partial charge in [-0.1, -0.05) is 11.6 Å². The van der Waals surface area contributed by atoms with Crippen LogP contribution >= 0.6 is 11.6 Å². The summed E-state index contributed by atoms with van der Waals surface area (Å²) in [6.45, 7) is 0.146. The van der Waals surface area contributed by atoms with E-state index < -0.39 is 22.3 Å². The van der Waals surface area contributed by atoms with E-state index in [4.69, 9.17) is 20.9 Å². The molecular weight excluding hydrogens is 306 g/mol. The van der Waals surface area contributed by atoms with Crippen molar-refractivity contribution >= 4 is 27.9 Å². The van der Waals surface area contributed by atoms with Crippen molar-refractivity contribution in [3.63, 3.8) is 0 Å². The minimum Gasteiger partial charge on any atom is -0.480 e. The van der Waals surface area contributed by atoms with Gasteiger partial charge in [0.25, 0.3) is 0 Å². The Hall–Kier alpha value is -1.31. The molecule has 20 heavy (non-hydrogen) atoms. The summed E-state index contributed by atoms with van der Waals surface area (Å²) >= 11 is 5.70. The molecule has 0 spiro atoms. The molecule has 8 heteroatoms. The van der Waals surface area contributed by atoms with Crippen LogP contribution in [0.4, 0.5) is 0 Å². The molecule has 1 heterocycles. The van der Waals surface area contributed by atoms with Crippen molar-refractivity contribution in [2.45, 2.75) is 25.3 Å². The van der Waals surface area contributed by atoms with Gasteiger partial charge in [-0.25, -0.2) is 0 Å². The van der Waals surface area contributed by atoms with Gasteiger partial charge in [-0.05, 0) is 43.5 Å². The molecule has 0 aliphatic carbocycles. The largest absolute Gasteiger partial charge is 0.480 e. The van der Waals surface area contributed by atoms with E-state index in [-0.39, 0.29) is 12.3 Å². The second-order valence-corrected chi connectivity index (χ2v) is 6.38. The van der Waals surface area contributed by atoms with E-state index in [1.807, 2.05) is 0 Å². The van der Waals surface area contributed by atoms with Crippen LogP contribution in [0.25, 0.3) is 0 Å². The summed E-state index contributed by atoms with van der Waals surface area (Å²) in [6.07, 6.45) is 1.59. The first-order chi connectivity index (χ1) is 9.40. The monoisotopic (exact) mass is 319 g/mol. The Morgan fingerprint density at radius 1 is 1.30 bits per heavy atom. The molecule has 1 aliphatic heterocycles. The van der Waals surface area contributed by atoms with E-state index in [0.717, 1.165) is 4.31 Å². The van der Waals surface area contributed by atoms with Gasteiger partial charge in [0.1, 0.15) is 11.8 Å². The minimum absolute atomic E-state index is 0.101. The molecule has 2 rings (SSSR count). The number of aliphatic carboxylic acids is 1. The van der Waals surface area contributed by atoms with Gasteiger partial charge in [0, 0.05) is 11.6 Å². The molecule has 110 valence electrons. The predicted octanol–water partition coefficient (Wildman–Crippen LogP) is 1.90. The lowest BCUT2D eigenvalue weighted by Gasteiger charge is -2.30. The van der Waals surface area contributed by atoms with Crippen LogP contribution in [0.5, 0.6) is 5.75 Å². The first-order valence-electron chi connectivity index (χ1n) is 6.10. The maximum absolute atomic E-state index is 12.2. The zero-order chi connectivity index (χ0) is 14.8. The molecule has 1 aromatic rings. The number of rotatable bonds is 4. The summed E-state index contributed by atoms with van der Waals surface area (Å²) < 4.78 is 30.2. The average molecular weight is 320 g/mol. The van der Waals surface area contributed by atoms with E-state index >= 15 is 0 Å². The van der Waals surface area contributed by atoms with Gasteiger partial charge < -0.3 is 9.29 Å². The molecule has 0 radical (unpaired) electrons. The van der Waals surface area contributed by atoms with E-state index in [0.29, 0.717) is 24.3 Å². The van der Waals surface area contributed by atoms with E-state index in [2.05, 4.69) is 0 Å². The highest BCUT2D eigenvalue weighted by Gasteiger charge is 2.38. The molecular formula is C12H14ClNO5S. The molecule has 0 bridgehead atoms. The highest BCUT2D eigenvalue weighted by atomic mass is 35.5. The van der Waals surface area contributed by atoms with Crippen molar-refractivity contribution in [2.75, 3.05) is 6.54 Å². The van der Waals surface area contributed by atoms with Gasteiger partial charge in [-0.2, -0.15) is 12.7 Å². The van der Waals surface area contributed by atoms with E-state index in [1.54, 1.807) is 0 Å². The van der Waals surface area contributed by atoms with Crippen molar-refractivity contribution in [1.82, 2.24) is 4.31 Å². The van der Waals surface area contributed by atoms with Crippen LogP contribution in [0.15, 0.2) is 24.3 Å². The normalized spacial score (nSPS) is 20.6. The second-order valence-electron chi connectivity index (χ2n) is 4.46. The van der Waals surface area contributed by atoms with Crippen molar-refractivity contribution in [1.29, 1.82) is 0 Å². The third kappa shape index (κ3) is 3.41. The van der Waals surface area contributed by atoms with Crippen molar-refractivity contribution in [2.24, 2.45) is 0 Å². The van der Waals surface area contributed by atoms with Crippen LogP contribution in [0.3, 0.4) is 0 Å². The van der Waals surface area contributed by atoms with Crippen molar-refractivity contribution < 1.29 is 22.5 Å². The van der Waals surface area contributed by atoms with Crippen LogP contribution in [0.1, 0.15) is 19.3 Å². The van der Waals surface area contributed by atoms with Gasteiger partial charge >= 0.3 is 16.3 Å². The molecule has 1 aliphatic rings. The summed E-state index contributed by atoms with van der Waals surface area (Å²) in [5.41, 5.74) is 0.